The Morgan fingerprint density at radius 2 is 1.91 bits per heavy atom. The first kappa shape index (κ1) is 31.0. The van der Waals surface area contributed by atoms with E-state index < -0.39 is 17.0 Å². The number of rotatable bonds is 6. The molecule has 0 radical (unpaired) electrons. The molecule has 3 saturated heterocycles. The van der Waals surface area contributed by atoms with Gasteiger partial charge in [0.05, 0.1) is 19.0 Å². The summed E-state index contributed by atoms with van der Waals surface area (Å²) in [6, 6.07) is 5.75. The van der Waals surface area contributed by atoms with Crippen LogP contribution in [0.1, 0.15) is 31.7 Å². The minimum atomic E-state index is -0.848. The lowest BCUT2D eigenvalue weighted by molar-refractivity contribution is 0.109. The van der Waals surface area contributed by atoms with Gasteiger partial charge in [0.1, 0.15) is 40.6 Å². The van der Waals surface area contributed by atoms with Crippen molar-refractivity contribution < 1.29 is 27.8 Å². The maximum Gasteiger partial charge on any atom is 0.319 e. The van der Waals surface area contributed by atoms with Crippen molar-refractivity contribution in [1.29, 1.82) is 0 Å². The van der Waals surface area contributed by atoms with Gasteiger partial charge in [0.25, 0.3) is 0 Å². The number of pyridine rings is 1. The van der Waals surface area contributed by atoms with E-state index in [1.54, 1.807) is 0 Å². The number of hydrogen-bond donors (Lipinski definition) is 2. The van der Waals surface area contributed by atoms with Crippen molar-refractivity contribution in [2.45, 2.75) is 38.3 Å². The van der Waals surface area contributed by atoms with Crippen molar-refractivity contribution in [1.82, 2.24) is 25.2 Å². The summed E-state index contributed by atoms with van der Waals surface area (Å²) < 4.78 is 57.9. The molecule has 12 heteroatoms. The predicted octanol–water partition coefficient (Wildman–Crippen LogP) is 5.33. The number of terminal acetylenes is 1. The second kappa shape index (κ2) is 11.9. The summed E-state index contributed by atoms with van der Waals surface area (Å²) in [6.45, 7) is 4.50. The van der Waals surface area contributed by atoms with E-state index in [4.69, 9.17) is 20.9 Å². The third-order valence-electron chi connectivity index (χ3n) is 9.68. The van der Waals surface area contributed by atoms with Gasteiger partial charge in [-0.05, 0) is 55.5 Å². The number of ether oxygens (including phenoxy) is 2. The van der Waals surface area contributed by atoms with Gasteiger partial charge in [-0.25, -0.2) is 18.2 Å². The number of fused-ring (bicyclic) bond motifs is 4. The molecular weight excluding hydrogens is 609 g/mol. The Labute approximate surface area is 270 Å². The smallest absolute Gasteiger partial charge is 0.319 e. The molecule has 0 unspecified atom stereocenters. The van der Waals surface area contributed by atoms with Gasteiger partial charge in [-0.15, -0.1) is 6.42 Å². The van der Waals surface area contributed by atoms with Crippen LogP contribution in [0.15, 0.2) is 36.2 Å². The number of piperazine rings is 1. The van der Waals surface area contributed by atoms with Crippen LogP contribution in [-0.2, 0) is 0 Å². The zero-order valence-corrected chi connectivity index (χ0v) is 26.4. The molecular formula is C35H35F3N6O3. The van der Waals surface area contributed by atoms with E-state index >= 15 is 4.39 Å². The summed E-state index contributed by atoms with van der Waals surface area (Å²) in [6.07, 6.45) is 8.91. The topological polar surface area (TPSA) is 95.9 Å². The SMILES string of the molecule is C#Cc1c(F)ccc2cc(O)cc(-c3nc(OC)c4c(N5C[C@H]6CC[C@@H](C5)N6)nc(OC[C@]5(C)CN(C)CC/C5=C\F)nc4c3F)c12. The Kier molecular flexibility index (Phi) is 7.85. The Morgan fingerprint density at radius 1 is 1.15 bits per heavy atom. The van der Waals surface area contributed by atoms with E-state index in [2.05, 4.69) is 31.0 Å². The van der Waals surface area contributed by atoms with Crippen LogP contribution in [0, 0.1) is 29.4 Å². The third-order valence-corrected chi connectivity index (χ3v) is 9.68. The van der Waals surface area contributed by atoms with Crippen molar-refractivity contribution >= 4 is 27.5 Å². The van der Waals surface area contributed by atoms with E-state index in [0.29, 0.717) is 49.2 Å². The first-order valence-corrected chi connectivity index (χ1v) is 15.6. The summed E-state index contributed by atoms with van der Waals surface area (Å²) in [4.78, 5) is 18.1. The molecule has 0 spiro atoms. The van der Waals surface area contributed by atoms with Gasteiger partial charge in [-0.2, -0.15) is 9.97 Å². The standard InChI is InChI=1S/C35H35F3N6O3/c1-5-24-26(37)9-6-19-12-23(45)13-25(27(19)24)30-29(38)31-28(33(40-30)46-4)32(44-15-21-7-8-22(16-44)39-21)42-34(41-31)47-18-35(2)17-43(3)11-10-20(35)14-36/h1,6,9,12-14,21-22,39,45H,7-8,10-11,15-18H2,2-4H3/b20-14+/t21-,22+,35-/m0/s1. The summed E-state index contributed by atoms with van der Waals surface area (Å²) >= 11 is 0. The zero-order chi connectivity index (χ0) is 33.0. The number of hydrogen-bond acceptors (Lipinski definition) is 9. The van der Waals surface area contributed by atoms with E-state index in [1.807, 2.05) is 14.0 Å². The van der Waals surface area contributed by atoms with Crippen molar-refractivity contribution in [3.8, 4) is 41.2 Å². The molecule has 2 aromatic heterocycles. The van der Waals surface area contributed by atoms with Gasteiger partial charge in [0, 0.05) is 54.6 Å². The van der Waals surface area contributed by atoms with Crippen molar-refractivity contribution in [3.05, 3.63) is 53.4 Å². The number of aromatic hydroxyl groups is 1. The minimum absolute atomic E-state index is 0.0440. The molecule has 0 aliphatic carbocycles. The lowest BCUT2D eigenvalue weighted by Crippen LogP contribution is -2.51. The molecule has 7 rings (SSSR count). The molecule has 5 heterocycles. The second-order valence-electron chi connectivity index (χ2n) is 13.0. The lowest BCUT2D eigenvalue weighted by atomic mass is 9.78. The minimum Gasteiger partial charge on any atom is -0.508 e. The van der Waals surface area contributed by atoms with E-state index in [-0.39, 0.29) is 69.4 Å². The van der Waals surface area contributed by atoms with Crippen LogP contribution in [0.2, 0.25) is 0 Å². The van der Waals surface area contributed by atoms with Crippen molar-refractivity contribution in [3.63, 3.8) is 0 Å². The second-order valence-corrected chi connectivity index (χ2v) is 13.0. The van der Waals surface area contributed by atoms with E-state index in [1.165, 1.54) is 31.4 Å². The summed E-state index contributed by atoms with van der Waals surface area (Å²) in [5.41, 5.74) is -0.421. The highest BCUT2D eigenvalue weighted by Crippen LogP contribution is 2.43. The number of anilines is 1. The fourth-order valence-corrected chi connectivity index (χ4v) is 7.38. The largest absolute Gasteiger partial charge is 0.508 e. The molecule has 244 valence electrons. The van der Waals surface area contributed by atoms with Crippen molar-refractivity contribution in [2.24, 2.45) is 5.41 Å². The fraction of sp³-hybridized carbons (Fsp3) is 0.400. The Balaban J connectivity index is 1.43. The van der Waals surface area contributed by atoms with Crippen LogP contribution in [-0.4, -0.2) is 84.0 Å². The lowest BCUT2D eigenvalue weighted by Gasteiger charge is -2.40. The molecule has 3 aliphatic heterocycles. The normalized spacial score (nSPS) is 23.9. The number of likely N-dealkylation sites (tertiary alicyclic amines) is 1. The maximum absolute atomic E-state index is 17.0. The number of benzene rings is 2. The number of nitrogens with one attached hydrogen (secondary N) is 1. The zero-order valence-electron chi connectivity index (χ0n) is 26.4. The quantitative estimate of drug-likeness (QED) is 0.270. The molecule has 0 amide bonds. The van der Waals surface area contributed by atoms with Crippen molar-refractivity contribution in [2.75, 3.05) is 51.8 Å². The van der Waals surface area contributed by atoms with Gasteiger partial charge in [0.15, 0.2) is 5.82 Å². The van der Waals surface area contributed by atoms with Gasteiger partial charge in [0.2, 0.25) is 5.88 Å². The Bertz CT molecular complexity index is 1970. The number of nitrogens with zero attached hydrogens (tertiary/aromatic N) is 5. The average Bonchev–Trinajstić information content (AvgIpc) is 3.40. The highest BCUT2D eigenvalue weighted by molar-refractivity contribution is 6.04. The van der Waals surface area contributed by atoms with Crippen LogP contribution in [0.5, 0.6) is 17.6 Å². The number of phenolic OH excluding ortho intramolecular Hbond substituents is 1. The molecule has 2 N–H and O–H groups in total. The summed E-state index contributed by atoms with van der Waals surface area (Å²) in [5.74, 6) is 1.10. The van der Waals surface area contributed by atoms with Gasteiger partial charge < -0.3 is 29.7 Å². The van der Waals surface area contributed by atoms with Gasteiger partial charge in [-0.1, -0.05) is 18.9 Å². The molecule has 3 aliphatic rings. The summed E-state index contributed by atoms with van der Waals surface area (Å²) in [7, 11) is 3.38. The molecule has 47 heavy (non-hydrogen) atoms. The Hall–Kier alpha value is -4.60. The van der Waals surface area contributed by atoms with Gasteiger partial charge in [-0.3, -0.25) is 0 Å². The fourth-order valence-electron chi connectivity index (χ4n) is 7.38. The first-order chi connectivity index (χ1) is 22.6. The Morgan fingerprint density at radius 3 is 2.62 bits per heavy atom. The molecule has 3 fully saturated rings. The molecule has 0 saturated carbocycles. The number of piperidine rings is 1. The maximum atomic E-state index is 17.0. The van der Waals surface area contributed by atoms with E-state index in [0.717, 1.165) is 19.4 Å². The number of halogens is 3. The number of methoxy groups -OCH3 is 1. The average molecular weight is 645 g/mol. The molecule has 4 aromatic rings. The predicted molar refractivity (Wildman–Crippen MR) is 173 cm³/mol. The summed E-state index contributed by atoms with van der Waals surface area (Å²) in [5, 5.41) is 15.1. The van der Waals surface area contributed by atoms with Crippen LogP contribution < -0.4 is 19.7 Å². The third kappa shape index (κ3) is 5.37. The van der Waals surface area contributed by atoms with E-state index in [9.17, 15) is 13.9 Å². The van der Waals surface area contributed by atoms with Crippen LogP contribution in [0.3, 0.4) is 0 Å². The van der Waals surface area contributed by atoms with Crippen LogP contribution in [0.4, 0.5) is 19.0 Å². The number of aromatic nitrogens is 3. The molecule has 9 nitrogen and oxygen atoms in total. The van der Waals surface area contributed by atoms with Crippen LogP contribution >= 0.6 is 0 Å². The van der Waals surface area contributed by atoms with Crippen LogP contribution in [0.25, 0.3) is 32.9 Å². The molecule has 2 bridgehead atoms. The monoisotopic (exact) mass is 644 g/mol. The molecule has 3 atom stereocenters. The molecule has 2 aromatic carbocycles. The number of phenols is 1. The highest BCUT2D eigenvalue weighted by atomic mass is 19.1. The highest BCUT2D eigenvalue weighted by Gasteiger charge is 2.38. The first-order valence-electron chi connectivity index (χ1n) is 15.6. The van der Waals surface area contributed by atoms with Gasteiger partial charge >= 0.3 is 6.01 Å².